The molecule has 0 aliphatic heterocycles. The van der Waals surface area contributed by atoms with Crippen LogP contribution < -0.4 is 16.5 Å². The zero-order chi connectivity index (χ0) is 19.8. The summed E-state index contributed by atoms with van der Waals surface area (Å²) in [4.78, 5) is 42.8. The highest BCUT2D eigenvalue weighted by molar-refractivity contribution is 7.19. The first-order valence-electron chi connectivity index (χ1n) is 8.37. The summed E-state index contributed by atoms with van der Waals surface area (Å²) in [6, 6.07) is 12.1. The molecule has 9 heteroatoms. The zero-order valence-electron chi connectivity index (χ0n) is 15.0. The van der Waals surface area contributed by atoms with Crippen LogP contribution in [0.1, 0.15) is 15.4 Å². The molecule has 0 atom stereocenters. The smallest absolute Gasteiger partial charge is 0.268 e. The van der Waals surface area contributed by atoms with Crippen molar-refractivity contribution in [1.82, 2.24) is 19.4 Å². The lowest BCUT2D eigenvalue weighted by atomic mass is 10.0. The van der Waals surface area contributed by atoms with Gasteiger partial charge in [0.05, 0.1) is 5.39 Å². The molecule has 28 heavy (non-hydrogen) atoms. The summed E-state index contributed by atoms with van der Waals surface area (Å²) < 4.78 is 2.09. The SMILES string of the molecule is Cc1sc2ncn(NC(=O)c3ccc(=O)n(C)n3)c(=O)c2c1-c1ccccc1. The Morgan fingerprint density at radius 3 is 2.57 bits per heavy atom. The van der Waals surface area contributed by atoms with E-state index in [9.17, 15) is 14.4 Å². The lowest BCUT2D eigenvalue weighted by Gasteiger charge is -2.08. The molecule has 4 rings (SSSR count). The van der Waals surface area contributed by atoms with E-state index in [1.54, 1.807) is 0 Å². The van der Waals surface area contributed by atoms with Crippen LogP contribution in [0, 0.1) is 6.92 Å². The first-order chi connectivity index (χ1) is 13.5. The van der Waals surface area contributed by atoms with E-state index in [2.05, 4.69) is 15.5 Å². The van der Waals surface area contributed by atoms with Crippen molar-refractivity contribution in [3.63, 3.8) is 0 Å². The molecule has 0 fully saturated rings. The van der Waals surface area contributed by atoms with Crippen LogP contribution in [0.15, 0.2) is 58.4 Å². The van der Waals surface area contributed by atoms with Crippen LogP contribution >= 0.6 is 11.3 Å². The van der Waals surface area contributed by atoms with Gasteiger partial charge in [-0.25, -0.2) is 14.3 Å². The fourth-order valence-corrected chi connectivity index (χ4v) is 3.93. The fraction of sp³-hybridized carbons (Fsp3) is 0.105. The third kappa shape index (κ3) is 3.01. The van der Waals surface area contributed by atoms with Gasteiger partial charge in [0.25, 0.3) is 17.0 Å². The first-order valence-corrected chi connectivity index (χ1v) is 9.19. The highest BCUT2D eigenvalue weighted by Gasteiger charge is 2.18. The molecule has 0 spiro atoms. The van der Waals surface area contributed by atoms with Crippen LogP contribution in [0.3, 0.4) is 0 Å². The number of hydrogen-bond donors (Lipinski definition) is 1. The summed E-state index contributed by atoms with van der Waals surface area (Å²) in [7, 11) is 1.44. The summed E-state index contributed by atoms with van der Waals surface area (Å²) in [6.45, 7) is 1.94. The summed E-state index contributed by atoms with van der Waals surface area (Å²) in [5.74, 6) is -0.618. The Labute approximate surface area is 162 Å². The van der Waals surface area contributed by atoms with Gasteiger partial charge in [-0.05, 0) is 18.6 Å². The molecule has 0 radical (unpaired) electrons. The summed E-state index contributed by atoms with van der Waals surface area (Å²) in [5.41, 5.74) is 3.50. The summed E-state index contributed by atoms with van der Waals surface area (Å²) in [5, 5.41) is 4.34. The monoisotopic (exact) mass is 393 g/mol. The average Bonchev–Trinajstić information content (AvgIpc) is 3.03. The Kier molecular flexibility index (Phi) is 4.36. The predicted molar refractivity (Wildman–Crippen MR) is 107 cm³/mol. The van der Waals surface area contributed by atoms with Crippen LogP contribution in [0.25, 0.3) is 21.3 Å². The van der Waals surface area contributed by atoms with E-state index in [0.29, 0.717) is 10.2 Å². The third-order valence-electron chi connectivity index (χ3n) is 4.27. The highest BCUT2D eigenvalue weighted by Crippen LogP contribution is 2.35. The Morgan fingerprint density at radius 2 is 1.86 bits per heavy atom. The maximum absolute atomic E-state index is 13.1. The second-order valence-corrected chi connectivity index (χ2v) is 7.32. The lowest BCUT2D eigenvalue weighted by molar-refractivity contribution is 0.1000. The minimum atomic E-state index is -0.618. The standard InChI is InChI=1S/C19H15N5O3S/c1-11-15(12-6-4-3-5-7-12)16-18(28-11)20-10-24(19(16)27)22-17(26)13-8-9-14(25)23(2)21-13/h3-10H,1-2H3,(H,22,26). The summed E-state index contributed by atoms with van der Waals surface area (Å²) >= 11 is 1.43. The normalized spacial score (nSPS) is 10.9. The van der Waals surface area contributed by atoms with Gasteiger partial charge in [0.1, 0.15) is 11.2 Å². The molecule has 3 heterocycles. The van der Waals surface area contributed by atoms with Gasteiger partial charge in [0.15, 0.2) is 5.69 Å². The number of thiophene rings is 1. The molecule has 0 aliphatic carbocycles. The van der Waals surface area contributed by atoms with Gasteiger partial charge in [-0.15, -0.1) is 11.3 Å². The van der Waals surface area contributed by atoms with Crippen molar-refractivity contribution in [1.29, 1.82) is 0 Å². The molecule has 1 N–H and O–H groups in total. The Bertz CT molecular complexity index is 1320. The number of fused-ring (bicyclic) bond motifs is 1. The number of nitrogens with zero attached hydrogens (tertiary/aromatic N) is 4. The number of nitrogens with one attached hydrogen (secondary N) is 1. The van der Waals surface area contributed by atoms with E-state index >= 15 is 0 Å². The molecule has 1 aromatic carbocycles. The molecule has 0 saturated heterocycles. The van der Waals surface area contributed by atoms with E-state index in [4.69, 9.17) is 0 Å². The zero-order valence-corrected chi connectivity index (χ0v) is 15.9. The maximum Gasteiger partial charge on any atom is 0.290 e. The molecule has 3 aromatic heterocycles. The first kappa shape index (κ1) is 17.8. The van der Waals surface area contributed by atoms with E-state index in [-0.39, 0.29) is 16.8 Å². The largest absolute Gasteiger partial charge is 0.290 e. The number of carbonyl (C=O) groups excluding carboxylic acids is 1. The van der Waals surface area contributed by atoms with Crippen LogP contribution in [0.4, 0.5) is 0 Å². The molecule has 4 aromatic rings. The van der Waals surface area contributed by atoms with Crippen molar-refractivity contribution in [2.75, 3.05) is 5.43 Å². The van der Waals surface area contributed by atoms with Gasteiger partial charge in [0, 0.05) is 23.6 Å². The van der Waals surface area contributed by atoms with Crippen molar-refractivity contribution in [2.24, 2.45) is 7.05 Å². The molecule has 140 valence electrons. The van der Waals surface area contributed by atoms with Gasteiger partial charge >= 0.3 is 0 Å². The lowest BCUT2D eigenvalue weighted by Crippen LogP contribution is -2.34. The quantitative estimate of drug-likeness (QED) is 0.573. The van der Waals surface area contributed by atoms with Crippen LogP contribution in [-0.4, -0.2) is 25.3 Å². The predicted octanol–water partition coefficient (Wildman–Crippen LogP) is 1.91. The molecular weight excluding hydrogens is 378 g/mol. The molecule has 0 saturated carbocycles. The van der Waals surface area contributed by atoms with E-state index < -0.39 is 5.91 Å². The average molecular weight is 393 g/mol. The van der Waals surface area contributed by atoms with Crippen LogP contribution in [-0.2, 0) is 7.05 Å². The molecule has 0 bridgehead atoms. The molecule has 1 amide bonds. The Morgan fingerprint density at radius 1 is 1.11 bits per heavy atom. The number of amides is 1. The number of aromatic nitrogens is 4. The van der Waals surface area contributed by atoms with Crippen molar-refractivity contribution < 1.29 is 4.79 Å². The van der Waals surface area contributed by atoms with E-state index in [1.165, 1.54) is 36.8 Å². The van der Waals surface area contributed by atoms with Crippen molar-refractivity contribution in [2.45, 2.75) is 6.92 Å². The topological polar surface area (TPSA) is 98.9 Å². The van der Waals surface area contributed by atoms with E-state index in [1.807, 2.05) is 37.3 Å². The third-order valence-corrected chi connectivity index (χ3v) is 5.28. The second-order valence-electron chi connectivity index (χ2n) is 6.12. The molecule has 0 aliphatic rings. The van der Waals surface area contributed by atoms with Gasteiger partial charge in [0.2, 0.25) is 0 Å². The summed E-state index contributed by atoms with van der Waals surface area (Å²) in [6.07, 6.45) is 1.27. The molecular formula is C19H15N5O3S. The highest BCUT2D eigenvalue weighted by atomic mass is 32.1. The minimum absolute atomic E-state index is 0.0129. The number of benzene rings is 1. The maximum atomic E-state index is 13.1. The van der Waals surface area contributed by atoms with Crippen molar-refractivity contribution >= 4 is 27.5 Å². The minimum Gasteiger partial charge on any atom is -0.268 e. The van der Waals surface area contributed by atoms with Crippen molar-refractivity contribution in [3.05, 3.63) is 80.1 Å². The second kappa shape index (κ2) is 6.86. The Balaban J connectivity index is 1.80. The molecule has 8 nitrogen and oxygen atoms in total. The fourth-order valence-electron chi connectivity index (χ4n) is 2.92. The Hall–Kier alpha value is -3.59. The van der Waals surface area contributed by atoms with Crippen LogP contribution in [0.5, 0.6) is 0 Å². The number of hydrogen-bond acceptors (Lipinski definition) is 6. The van der Waals surface area contributed by atoms with Gasteiger partial charge in [-0.2, -0.15) is 5.10 Å². The molecule has 0 unspecified atom stereocenters. The van der Waals surface area contributed by atoms with E-state index in [0.717, 1.165) is 25.4 Å². The van der Waals surface area contributed by atoms with Gasteiger partial charge < -0.3 is 0 Å². The van der Waals surface area contributed by atoms with Crippen molar-refractivity contribution in [3.8, 4) is 11.1 Å². The van der Waals surface area contributed by atoms with Gasteiger partial charge in [-0.3, -0.25) is 19.8 Å². The number of carbonyl (C=O) groups is 1. The number of aryl methyl sites for hydroxylation is 2. The van der Waals surface area contributed by atoms with Crippen LogP contribution in [0.2, 0.25) is 0 Å². The van der Waals surface area contributed by atoms with Gasteiger partial charge in [-0.1, -0.05) is 30.3 Å². The number of rotatable bonds is 3.